The van der Waals surface area contributed by atoms with E-state index < -0.39 is 10.0 Å². The van der Waals surface area contributed by atoms with Crippen molar-refractivity contribution in [3.8, 4) is 11.5 Å². The quantitative estimate of drug-likeness (QED) is 0.863. The second kappa shape index (κ2) is 6.37. The number of nitrogens with zero attached hydrogens (tertiary/aromatic N) is 2. The van der Waals surface area contributed by atoms with E-state index in [0.29, 0.717) is 17.2 Å². The normalized spacial score (nSPS) is 11.5. The number of hydrogen-bond acceptors (Lipinski definition) is 5. The van der Waals surface area contributed by atoms with Gasteiger partial charge in [0.25, 0.3) is 0 Å². The number of rotatable bonds is 6. The largest absolute Gasteiger partial charge is 0.493 e. The van der Waals surface area contributed by atoms with Crippen LogP contribution < -0.4 is 14.2 Å². The number of benzene rings is 1. The van der Waals surface area contributed by atoms with E-state index in [2.05, 4.69) is 9.82 Å². The minimum atomic E-state index is -3.65. The number of methoxy groups -OCH3 is 2. The molecule has 1 N–H and O–H groups in total. The predicted octanol–water partition coefficient (Wildman–Crippen LogP) is 1.22. The van der Waals surface area contributed by atoms with Crippen molar-refractivity contribution in [3.05, 3.63) is 35.7 Å². The smallest absolute Gasteiger partial charge is 0.241 e. The van der Waals surface area contributed by atoms with Crippen LogP contribution in [0.4, 0.5) is 0 Å². The Bertz CT molecular complexity index is 749. The van der Waals surface area contributed by atoms with Gasteiger partial charge < -0.3 is 9.47 Å². The van der Waals surface area contributed by atoms with Gasteiger partial charge >= 0.3 is 0 Å². The molecule has 0 radical (unpaired) electrons. The molecule has 0 aliphatic carbocycles. The van der Waals surface area contributed by atoms with Crippen LogP contribution >= 0.6 is 0 Å². The van der Waals surface area contributed by atoms with E-state index in [1.807, 2.05) is 20.0 Å². The molecule has 2 rings (SSSR count). The molecule has 2 aromatic rings. The lowest BCUT2D eigenvalue weighted by Crippen LogP contribution is -2.23. The van der Waals surface area contributed by atoms with Crippen LogP contribution in [0.1, 0.15) is 11.4 Å². The molecule has 0 saturated heterocycles. The molecule has 0 spiro atoms. The molecular weight excluding hydrogens is 306 g/mol. The molecule has 1 aromatic carbocycles. The predicted molar refractivity (Wildman–Crippen MR) is 81.5 cm³/mol. The molecule has 0 aliphatic rings. The van der Waals surface area contributed by atoms with Gasteiger partial charge in [0.2, 0.25) is 10.0 Å². The summed E-state index contributed by atoms with van der Waals surface area (Å²) in [5.74, 6) is 0.834. The summed E-state index contributed by atoms with van der Waals surface area (Å²) < 4.78 is 39.1. The zero-order chi connectivity index (χ0) is 16.3. The topological polar surface area (TPSA) is 82.5 Å². The summed E-state index contributed by atoms with van der Waals surface area (Å²) in [6.07, 6.45) is 0. The van der Waals surface area contributed by atoms with Gasteiger partial charge in [0.15, 0.2) is 11.5 Å². The number of ether oxygens (including phenoxy) is 2. The van der Waals surface area contributed by atoms with Crippen molar-refractivity contribution in [1.29, 1.82) is 0 Å². The van der Waals surface area contributed by atoms with E-state index in [0.717, 1.165) is 5.69 Å². The monoisotopic (exact) mass is 325 g/mol. The summed E-state index contributed by atoms with van der Waals surface area (Å²) in [6, 6.07) is 6.27. The summed E-state index contributed by atoms with van der Waals surface area (Å²) in [7, 11) is 1.10. The molecule has 0 fully saturated rings. The van der Waals surface area contributed by atoms with Crippen molar-refractivity contribution >= 4 is 10.0 Å². The Balaban J connectivity index is 2.19. The third-order valence-electron chi connectivity index (χ3n) is 3.27. The van der Waals surface area contributed by atoms with Gasteiger partial charge in [0, 0.05) is 18.8 Å². The summed E-state index contributed by atoms with van der Waals surface area (Å²) in [6.45, 7) is 2.03. The molecule has 0 aliphatic heterocycles. The first kappa shape index (κ1) is 16.3. The van der Waals surface area contributed by atoms with Gasteiger partial charge in [0.1, 0.15) is 0 Å². The van der Waals surface area contributed by atoms with Gasteiger partial charge in [-0.25, -0.2) is 13.1 Å². The number of nitrogens with one attached hydrogen (secondary N) is 1. The van der Waals surface area contributed by atoms with Crippen LogP contribution in [0.25, 0.3) is 0 Å². The minimum Gasteiger partial charge on any atom is -0.493 e. The van der Waals surface area contributed by atoms with Gasteiger partial charge in [-0.3, -0.25) is 4.68 Å². The highest BCUT2D eigenvalue weighted by molar-refractivity contribution is 7.89. The molecule has 22 heavy (non-hydrogen) atoms. The lowest BCUT2D eigenvalue weighted by Gasteiger charge is -2.10. The highest BCUT2D eigenvalue weighted by Crippen LogP contribution is 2.29. The first-order chi connectivity index (χ1) is 10.4. The van der Waals surface area contributed by atoms with E-state index >= 15 is 0 Å². The maximum Gasteiger partial charge on any atom is 0.241 e. The minimum absolute atomic E-state index is 0.109. The van der Waals surface area contributed by atoms with E-state index in [1.165, 1.54) is 26.4 Å². The van der Waals surface area contributed by atoms with Crippen LogP contribution in [0.2, 0.25) is 0 Å². The van der Waals surface area contributed by atoms with Crippen molar-refractivity contribution in [3.63, 3.8) is 0 Å². The molecule has 120 valence electrons. The zero-order valence-corrected chi connectivity index (χ0v) is 13.8. The number of aryl methyl sites for hydroxylation is 2. The molecule has 0 atom stereocenters. The lowest BCUT2D eigenvalue weighted by atomic mass is 10.3. The molecular formula is C14H19N3O4S. The summed E-state index contributed by atoms with van der Waals surface area (Å²) in [5, 5.41) is 4.21. The second-order valence-corrected chi connectivity index (χ2v) is 6.51. The molecule has 0 bridgehead atoms. The Morgan fingerprint density at radius 2 is 1.86 bits per heavy atom. The number of hydrogen-bond donors (Lipinski definition) is 1. The average Bonchev–Trinajstić information content (AvgIpc) is 2.83. The number of aromatic nitrogens is 2. The maximum atomic E-state index is 12.3. The number of sulfonamides is 1. The Hall–Kier alpha value is -2.06. The van der Waals surface area contributed by atoms with Crippen molar-refractivity contribution < 1.29 is 17.9 Å². The van der Waals surface area contributed by atoms with Crippen LogP contribution in [0.15, 0.2) is 29.2 Å². The SMILES string of the molecule is COc1ccc(S(=O)(=O)NCc2cc(C)n(C)n2)cc1OC. The summed E-state index contributed by atoms with van der Waals surface area (Å²) in [4.78, 5) is 0.109. The van der Waals surface area contributed by atoms with Crippen LogP contribution in [-0.4, -0.2) is 32.4 Å². The van der Waals surface area contributed by atoms with Crippen LogP contribution in [0.3, 0.4) is 0 Å². The Morgan fingerprint density at radius 3 is 2.41 bits per heavy atom. The van der Waals surface area contributed by atoms with E-state index in [4.69, 9.17) is 9.47 Å². The fourth-order valence-electron chi connectivity index (χ4n) is 1.96. The summed E-state index contributed by atoms with van der Waals surface area (Å²) in [5.41, 5.74) is 1.62. The first-order valence-corrected chi connectivity index (χ1v) is 8.07. The van der Waals surface area contributed by atoms with Gasteiger partial charge in [0.05, 0.1) is 31.4 Å². The van der Waals surface area contributed by atoms with E-state index in [9.17, 15) is 8.42 Å². The van der Waals surface area contributed by atoms with Crippen LogP contribution in [-0.2, 0) is 23.6 Å². The zero-order valence-electron chi connectivity index (χ0n) is 13.0. The van der Waals surface area contributed by atoms with E-state index in [-0.39, 0.29) is 11.4 Å². The second-order valence-electron chi connectivity index (χ2n) is 4.74. The van der Waals surface area contributed by atoms with Crippen LogP contribution in [0.5, 0.6) is 11.5 Å². The molecule has 8 heteroatoms. The molecule has 0 amide bonds. The van der Waals surface area contributed by atoms with Gasteiger partial charge in [-0.1, -0.05) is 0 Å². The van der Waals surface area contributed by atoms with Crippen molar-refractivity contribution in [1.82, 2.24) is 14.5 Å². The van der Waals surface area contributed by atoms with Crippen LogP contribution in [0, 0.1) is 6.92 Å². The van der Waals surface area contributed by atoms with Crippen molar-refractivity contribution in [2.45, 2.75) is 18.4 Å². The van der Waals surface area contributed by atoms with Crippen molar-refractivity contribution in [2.24, 2.45) is 7.05 Å². The fraction of sp³-hybridized carbons (Fsp3) is 0.357. The third-order valence-corrected chi connectivity index (χ3v) is 4.67. The Morgan fingerprint density at radius 1 is 1.18 bits per heavy atom. The third kappa shape index (κ3) is 3.40. The summed E-state index contributed by atoms with van der Waals surface area (Å²) >= 11 is 0. The molecule has 7 nitrogen and oxygen atoms in total. The molecule has 0 unspecified atom stereocenters. The average molecular weight is 325 g/mol. The van der Waals surface area contributed by atoms with Gasteiger partial charge in [-0.15, -0.1) is 0 Å². The first-order valence-electron chi connectivity index (χ1n) is 6.58. The highest BCUT2D eigenvalue weighted by atomic mass is 32.2. The molecule has 0 saturated carbocycles. The Labute approximate surface area is 129 Å². The van der Waals surface area contributed by atoms with Gasteiger partial charge in [-0.05, 0) is 25.1 Å². The lowest BCUT2D eigenvalue weighted by molar-refractivity contribution is 0.354. The molecule has 1 heterocycles. The highest BCUT2D eigenvalue weighted by Gasteiger charge is 2.17. The fourth-order valence-corrected chi connectivity index (χ4v) is 2.97. The Kier molecular flexibility index (Phi) is 4.72. The van der Waals surface area contributed by atoms with Crippen molar-refractivity contribution in [2.75, 3.05) is 14.2 Å². The maximum absolute atomic E-state index is 12.3. The standard InChI is InChI=1S/C14H19N3O4S/c1-10-7-11(16-17(10)2)9-15-22(18,19)12-5-6-13(20-3)14(8-12)21-4/h5-8,15H,9H2,1-4H3. The van der Waals surface area contributed by atoms with E-state index in [1.54, 1.807) is 10.7 Å². The van der Waals surface area contributed by atoms with Gasteiger partial charge in [-0.2, -0.15) is 5.10 Å². The molecule has 1 aromatic heterocycles.